The Morgan fingerprint density at radius 1 is 1.00 bits per heavy atom. The van der Waals surface area contributed by atoms with Crippen LogP contribution in [0.4, 0.5) is 8.78 Å². The van der Waals surface area contributed by atoms with Crippen LogP contribution in [-0.4, -0.2) is 13.7 Å². The van der Waals surface area contributed by atoms with E-state index < -0.39 is 11.6 Å². The van der Waals surface area contributed by atoms with E-state index in [9.17, 15) is 8.78 Å². The maximum atomic E-state index is 14.5. The fourth-order valence-electron chi connectivity index (χ4n) is 3.92. The van der Waals surface area contributed by atoms with Crippen molar-refractivity contribution in [3.05, 3.63) is 69.7 Å². The van der Waals surface area contributed by atoms with E-state index in [1.54, 1.807) is 31.4 Å². The van der Waals surface area contributed by atoms with E-state index in [0.29, 0.717) is 16.5 Å². The number of hydrogen-bond donors (Lipinski definition) is 0. The molecule has 3 rings (SSSR count). The molecule has 0 spiro atoms. The largest absolute Gasteiger partial charge is 0.385 e. The molecule has 2 aromatic carbocycles. The molecule has 0 radical (unpaired) electrons. The normalized spacial score (nSPS) is 19.1. The maximum absolute atomic E-state index is 14.5. The predicted molar refractivity (Wildman–Crippen MR) is 110 cm³/mol. The summed E-state index contributed by atoms with van der Waals surface area (Å²) in [5, 5.41) is 0.598. The van der Waals surface area contributed by atoms with Crippen LogP contribution in [0.2, 0.25) is 5.02 Å². The summed E-state index contributed by atoms with van der Waals surface area (Å²) in [6.45, 7) is 0.800. The second kappa shape index (κ2) is 10.0. The molecule has 1 nitrogen and oxygen atoms in total. The van der Waals surface area contributed by atoms with Gasteiger partial charge in [-0.05, 0) is 92.3 Å². The van der Waals surface area contributed by atoms with Crippen LogP contribution in [0.15, 0.2) is 36.4 Å². The average Bonchev–Trinajstić information content (AvgIpc) is 2.69. The number of ether oxygens (including phenoxy) is 1. The van der Waals surface area contributed by atoms with Crippen molar-refractivity contribution in [1.29, 1.82) is 0 Å². The second-order valence-corrected chi connectivity index (χ2v) is 7.91. The summed E-state index contributed by atoms with van der Waals surface area (Å²) < 4.78 is 34.2. The molecule has 0 bridgehead atoms. The lowest BCUT2D eigenvalue weighted by Crippen LogP contribution is -2.14. The first-order valence-electron chi connectivity index (χ1n) is 9.82. The summed E-state index contributed by atoms with van der Waals surface area (Å²) in [7, 11) is 1.73. The number of halogens is 3. The smallest absolute Gasteiger partial charge is 0.142 e. The van der Waals surface area contributed by atoms with E-state index in [1.165, 1.54) is 18.6 Å². The van der Waals surface area contributed by atoms with Crippen LogP contribution in [0.3, 0.4) is 0 Å². The number of hydrogen-bond acceptors (Lipinski definition) is 1. The number of rotatable bonds is 5. The molecule has 0 amide bonds. The van der Waals surface area contributed by atoms with Crippen molar-refractivity contribution in [2.75, 3.05) is 13.7 Å². The van der Waals surface area contributed by atoms with Crippen molar-refractivity contribution in [2.24, 2.45) is 5.92 Å². The summed E-state index contributed by atoms with van der Waals surface area (Å²) in [4.78, 5) is 0. The zero-order valence-corrected chi connectivity index (χ0v) is 16.9. The summed E-state index contributed by atoms with van der Waals surface area (Å²) in [5.41, 5.74) is 1.24. The van der Waals surface area contributed by atoms with E-state index in [-0.39, 0.29) is 11.5 Å². The third kappa shape index (κ3) is 5.56. The molecule has 148 valence electrons. The summed E-state index contributed by atoms with van der Waals surface area (Å²) in [6.07, 6.45) is 6.42. The Labute approximate surface area is 171 Å². The molecule has 2 aromatic rings. The molecule has 0 aliphatic heterocycles. The highest BCUT2D eigenvalue weighted by atomic mass is 35.5. The Bertz CT molecular complexity index is 820. The third-order valence-corrected chi connectivity index (χ3v) is 5.77. The molecular formula is C24H25ClF2O. The zero-order chi connectivity index (χ0) is 19.9. The van der Waals surface area contributed by atoms with Gasteiger partial charge in [0.2, 0.25) is 0 Å². The average molecular weight is 403 g/mol. The van der Waals surface area contributed by atoms with Crippen molar-refractivity contribution in [3.63, 3.8) is 0 Å². The van der Waals surface area contributed by atoms with Gasteiger partial charge in [-0.25, -0.2) is 8.78 Å². The van der Waals surface area contributed by atoms with Gasteiger partial charge in [-0.2, -0.15) is 0 Å². The van der Waals surface area contributed by atoms with Gasteiger partial charge in [-0.15, -0.1) is 0 Å². The van der Waals surface area contributed by atoms with E-state index in [4.69, 9.17) is 16.3 Å². The highest BCUT2D eigenvalue weighted by Gasteiger charge is 2.23. The van der Waals surface area contributed by atoms with Gasteiger partial charge in [0.05, 0.1) is 5.56 Å². The van der Waals surface area contributed by atoms with Crippen molar-refractivity contribution in [2.45, 2.75) is 44.4 Å². The molecule has 1 aliphatic rings. The second-order valence-electron chi connectivity index (χ2n) is 7.47. The Kier molecular flexibility index (Phi) is 7.48. The van der Waals surface area contributed by atoms with Gasteiger partial charge in [0.1, 0.15) is 11.6 Å². The summed E-state index contributed by atoms with van der Waals surface area (Å²) >= 11 is 5.84. The Morgan fingerprint density at radius 3 is 2.25 bits per heavy atom. The molecule has 28 heavy (non-hydrogen) atoms. The highest BCUT2D eigenvalue weighted by Crippen LogP contribution is 2.38. The van der Waals surface area contributed by atoms with Crippen LogP contribution in [-0.2, 0) is 4.74 Å². The first-order valence-corrected chi connectivity index (χ1v) is 10.2. The van der Waals surface area contributed by atoms with Gasteiger partial charge >= 0.3 is 0 Å². The first-order chi connectivity index (χ1) is 13.6. The molecule has 0 saturated heterocycles. The van der Waals surface area contributed by atoms with Gasteiger partial charge < -0.3 is 4.74 Å². The minimum atomic E-state index is -0.585. The van der Waals surface area contributed by atoms with Gasteiger partial charge in [0.15, 0.2) is 0 Å². The van der Waals surface area contributed by atoms with E-state index in [2.05, 4.69) is 11.8 Å². The van der Waals surface area contributed by atoms with Crippen LogP contribution in [0.25, 0.3) is 0 Å². The van der Waals surface area contributed by atoms with Crippen LogP contribution in [0.5, 0.6) is 0 Å². The predicted octanol–water partition coefficient (Wildman–Crippen LogP) is 6.72. The van der Waals surface area contributed by atoms with Crippen LogP contribution in [0.1, 0.15) is 61.1 Å². The Morgan fingerprint density at radius 2 is 1.64 bits per heavy atom. The van der Waals surface area contributed by atoms with E-state index in [0.717, 1.165) is 44.3 Å². The minimum absolute atomic E-state index is 0.174. The highest BCUT2D eigenvalue weighted by molar-refractivity contribution is 6.30. The molecule has 0 heterocycles. The quantitative estimate of drug-likeness (QED) is 0.398. The van der Waals surface area contributed by atoms with Crippen molar-refractivity contribution in [3.8, 4) is 11.8 Å². The molecule has 0 unspecified atom stereocenters. The van der Waals surface area contributed by atoms with Gasteiger partial charge in [0.25, 0.3) is 0 Å². The molecular weight excluding hydrogens is 378 g/mol. The Hall–Kier alpha value is -1.89. The third-order valence-electron chi connectivity index (χ3n) is 5.52. The fraction of sp³-hybridized carbons (Fsp3) is 0.417. The topological polar surface area (TPSA) is 9.23 Å². The molecule has 1 saturated carbocycles. The van der Waals surface area contributed by atoms with Gasteiger partial charge in [0, 0.05) is 24.3 Å². The van der Waals surface area contributed by atoms with Crippen molar-refractivity contribution in [1.82, 2.24) is 0 Å². The van der Waals surface area contributed by atoms with Gasteiger partial charge in [-0.3, -0.25) is 0 Å². The van der Waals surface area contributed by atoms with Crippen LogP contribution >= 0.6 is 11.6 Å². The molecule has 0 N–H and O–H groups in total. The molecule has 0 atom stereocenters. The zero-order valence-electron chi connectivity index (χ0n) is 16.1. The Balaban J connectivity index is 1.67. The molecule has 4 heteroatoms. The summed E-state index contributed by atoms with van der Waals surface area (Å²) in [6, 6.07) is 9.78. The fourth-order valence-corrected chi connectivity index (χ4v) is 4.04. The molecule has 1 aliphatic carbocycles. The van der Waals surface area contributed by atoms with Crippen molar-refractivity contribution >= 4 is 11.6 Å². The lowest BCUT2D eigenvalue weighted by atomic mass is 9.77. The standard InChI is InChI=1S/C24H25ClF2O/c1-28-14-2-3-17-4-9-19(10-5-17)20-15-23(26)22(24(27)16-20)13-8-18-6-11-21(25)12-7-18/h6-7,11-12,15-17,19H,2-5,9-10,14H2,1H3/t17-,19-. The van der Waals surface area contributed by atoms with Crippen LogP contribution in [0, 0.1) is 29.4 Å². The molecule has 1 fully saturated rings. The van der Waals surface area contributed by atoms with Crippen molar-refractivity contribution < 1.29 is 13.5 Å². The SMILES string of the molecule is COCCC[C@H]1CC[C@H](c2cc(F)c(C#Cc3ccc(Cl)cc3)c(F)c2)CC1. The lowest BCUT2D eigenvalue weighted by Gasteiger charge is -2.29. The molecule has 0 aromatic heterocycles. The first kappa shape index (κ1) is 20.8. The lowest BCUT2D eigenvalue weighted by molar-refractivity contribution is 0.180. The van der Waals surface area contributed by atoms with Gasteiger partial charge in [-0.1, -0.05) is 23.4 Å². The van der Waals surface area contributed by atoms with E-state index >= 15 is 0 Å². The minimum Gasteiger partial charge on any atom is -0.385 e. The summed E-state index contributed by atoms with van der Waals surface area (Å²) in [5.74, 6) is 5.18. The monoisotopic (exact) mass is 402 g/mol. The maximum Gasteiger partial charge on any atom is 0.142 e. The number of methoxy groups -OCH3 is 1. The van der Waals surface area contributed by atoms with Crippen LogP contribution < -0.4 is 0 Å². The number of benzene rings is 2. The van der Waals surface area contributed by atoms with E-state index in [1.807, 2.05) is 0 Å².